The Morgan fingerprint density at radius 1 is 1.19 bits per heavy atom. The lowest BCUT2D eigenvalue weighted by molar-refractivity contribution is -0.128. The van der Waals surface area contributed by atoms with E-state index in [1.54, 1.807) is 0 Å². The Labute approximate surface area is 94.4 Å². The molecule has 2 heterocycles. The van der Waals surface area contributed by atoms with E-state index in [4.69, 9.17) is 9.47 Å². The van der Waals surface area contributed by atoms with E-state index < -0.39 is 0 Å². The van der Waals surface area contributed by atoms with Crippen molar-refractivity contribution in [2.75, 3.05) is 13.2 Å². The van der Waals surface area contributed by atoms with Gasteiger partial charge in [-0.3, -0.25) is 4.79 Å². The van der Waals surface area contributed by atoms with Gasteiger partial charge in [-0.25, -0.2) is 0 Å². The number of carbonyl (C=O) groups is 1. The third-order valence-corrected chi connectivity index (χ3v) is 3.20. The third-order valence-electron chi connectivity index (χ3n) is 3.20. The average Bonchev–Trinajstić information content (AvgIpc) is 2.75. The van der Waals surface area contributed by atoms with Crippen LogP contribution in [0, 0.1) is 0 Å². The molecule has 3 heteroatoms. The molecule has 0 bridgehead atoms. The zero-order valence-electron chi connectivity index (χ0n) is 9.07. The molecule has 0 aromatic heterocycles. The molecule has 1 aromatic carbocycles. The number of benzene rings is 1. The molecular formula is C13H14O3. The number of rotatable bonds is 1. The minimum absolute atomic E-state index is 0.0489. The van der Waals surface area contributed by atoms with Crippen LogP contribution in [0.3, 0.4) is 0 Å². The van der Waals surface area contributed by atoms with E-state index in [-0.39, 0.29) is 6.10 Å². The second-order valence-electron chi connectivity index (χ2n) is 4.32. The summed E-state index contributed by atoms with van der Waals surface area (Å²) in [5.41, 5.74) is 2.34. The quantitative estimate of drug-likeness (QED) is 0.723. The second-order valence-corrected chi connectivity index (χ2v) is 4.32. The highest BCUT2D eigenvalue weighted by Crippen LogP contribution is 2.32. The highest BCUT2D eigenvalue weighted by atomic mass is 16.5. The first-order valence-corrected chi connectivity index (χ1v) is 5.72. The van der Waals surface area contributed by atoms with Crippen LogP contribution < -0.4 is 4.74 Å². The number of hydrogen-bond acceptors (Lipinski definition) is 3. The van der Waals surface area contributed by atoms with Crippen molar-refractivity contribution < 1.29 is 14.3 Å². The van der Waals surface area contributed by atoms with Gasteiger partial charge in [-0.1, -0.05) is 6.07 Å². The van der Waals surface area contributed by atoms with Crippen LogP contribution in [0.2, 0.25) is 0 Å². The molecule has 0 spiro atoms. The van der Waals surface area contributed by atoms with Crippen LogP contribution in [-0.4, -0.2) is 19.0 Å². The fourth-order valence-corrected chi connectivity index (χ4v) is 2.30. The van der Waals surface area contributed by atoms with E-state index in [0.717, 1.165) is 24.3 Å². The third kappa shape index (κ3) is 1.71. The van der Waals surface area contributed by atoms with Gasteiger partial charge < -0.3 is 9.47 Å². The van der Waals surface area contributed by atoms with Crippen molar-refractivity contribution in [1.29, 1.82) is 0 Å². The smallest absolute Gasteiger partial charge is 0.138 e. The maximum atomic E-state index is 11.4. The lowest BCUT2D eigenvalue weighted by atomic mass is 9.98. The summed E-state index contributed by atoms with van der Waals surface area (Å²) in [6.07, 6.45) is 1.99. The molecule has 1 fully saturated rings. The van der Waals surface area contributed by atoms with Crippen LogP contribution in [0.4, 0.5) is 0 Å². The predicted molar refractivity (Wildman–Crippen MR) is 58.6 cm³/mol. The van der Waals surface area contributed by atoms with E-state index in [1.165, 1.54) is 5.56 Å². The van der Waals surface area contributed by atoms with Gasteiger partial charge in [0.05, 0.1) is 19.3 Å². The molecule has 1 unspecified atom stereocenters. The fraction of sp³-hybridized carbons (Fsp3) is 0.462. The minimum atomic E-state index is -0.0489. The molecule has 3 rings (SSSR count). The van der Waals surface area contributed by atoms with E-state index in [2.05, 4.69) is 6.07 Å². The summed E-state index contributed by atoms with van der Waals surface area (Å²) in [5.74, 6) is 1.28. The summed E-state index contributed by atoms with van der Waals surface area (Å²) in [4.78, 5) is 11.4. The van der Waals surface area contributed by atoms with Crippen molar-refractivity contribution in [2.45, 2.75) is 25.4 Å². The number of fused-ring (bicyclic) bond motifs is 1. The zero-order chi connectivity index (χ0) is 11.0. The molecule has 1 aromatic rings. The molecule has 0 radical (unpaired) electrons. The fourth-order valence-electron chi connectivity index (χ4n) is 2.30. The van der Waals surface area contributed by atoms with Gasteiger partial charge in [0, 0.05) is 19.3 Å². The summed E-state index contributed by atoms with van der Waals surface area (Å²) in [6, 6.07) is 6.11. The summed E-state index contributed by atoms with van der Waals surface area (Å²) in [5, 5.41) is 0. The molecule has 2 aliphatic rings. The molecule has 0 saturated carbocycles. The first-order chi connectivity index (χ1) is 7.83. The van der Waals surface area contributed by atoms with E-state index >= 15 is 0 Å². The van der Waals surface area contributed by atoms with Crippen LogP contribution in [0.1, 0.15) is 30.1 Å². The van der Waals surface area contributed by atoms with Crippen LogP contribution in [0.5, 0.6) is 5.75 Å². The molecule has 0 aliphatic carbocycles. The Morgan fingerprint density at radius 3 is 3.00 bits per heavy atom. The van der Waals surface area contributed by atoms with Crippen molar-refractivity contribution in [3.63, 3.8) is 0 Å². The first-order valence-electron chi connectivity index (χ1n) is 5.72. The molecule has 0 N–H and O–H groups in total. The molecule has 3 nitrogen and oxygen atoms in total. The topological polar surface area (TPSA) is 35.5 Å². The van der Waals surface area contributed by atoms with Gasteiger partial charge in [-0.15, -0.1) is 0 Å². The van der Waals surface area contributed by atoms with Crippen molar-refractivity contribution in [2.24, 2.45) is 0 Å². The van der Waals surface area contributed by atoms with Gasteiger partial charge in [0.15, 0.2) is 0 Å². The largest absolute Gasteiger partial charge is 0.493 e. The van der Waals surface area contributed by atoms with Gasteiger partial charge in [-0.05, 0) is 23.3 Å². The zero-order valence-corrected chi connectivity index (χ0v) is 9.07. The number of hydrogen-bond donors (Lipinski definition) is 0. The summed E-state index contributed by atoms with van der Waals surface area (Å²) in [6.45, 7) is 1.32. The van der Waals surface area contributed by atoms with Crippen LogP contribution >= 0.6 is 0 Å². The van der Waals surface area contributed by atoms with E-state index in [9.17, 15) is 4.79 Å². The van der Waals surface area contributed by atoms with Gasteiger partial charge in [0.1, 0.15) is 11.5 Å². The Hall–Kier alpha value is -1.35. The minimum Gasteiger partial charge on any atom is -0.493 e. The monoisotopic (exact) mass is 218 g/mol. The van der Waals surface area contributed by atoms with Gasteiger partial charge >= 0.3 is 0 Å². The average molecular weight is 218 g/mol. The SMILES string of the molecule is O=C1CCOC(c2ccc3c(c2)CCO3)C1. The second kappa shape index (κ2) is 3.91. The number of ketones is 1. The highest BCUT2D eigenvalue weighted by Gasteiger charge is 2.23. The van der Waals surface area contributed by atoms with Crippen LogP contribution in [0.25, 0.3) is 0 Å². The Bertz CT molecular complexity index is 425. The lowest BCUT2D eigenvalue weighted by Crippen LogP contribution is -2.19. The molecule has 2 aliphatic heterocycles. The molecular weight excluding hydrogens is 204 g/mol. The Kier molecular flexibility index (Phi) is 2.40. The van der Waals surface area contributed by atoms with Gasteiger partial charge in [0.25, 0.3) is 0 Å². The van der Waals surface area contributed by atoms with Crippen molar-refractivity contribution >= 4 is 5.78 Å². The van der Waals surface area contributed by atoms with Crippen molar-refractivity contribution in [3.05, 3.63) is 29.3 Å². The maximum Gasteiger partial charge on any atom is 0.138 e. The summed E-state index contributed by atoms with van der Waals surface area (Å²) < 4.78 is 11.1. The number of Topliss-reactive ketones (excluding diaryl/α,β-unsaturated/α-hetero) is 1. The summed E-state index contributed by atoms with van der Waals surface area (Å²) in [7, 11) is 0. The maximum absolute atomic E-state index is 11.4. The van der Waals surface area contributed by atoms with Crippen LogP contribution in [0.15, 0.2) is 18.2 Å². The highest BCUT2D eigenvalue weighted by molar-refractivity contribution is 5.79. The molecule has 1 atom stereocenters. The van der Waals surface area contributed by atoms with Gasteiger partial charge in [0.2, 0.25) is 0 Å². The predicted octanol–water partition coefficient (Wildman–Crippen LogP) is 2.04. The molecule has 0 amide bonds. The molecule has 16 heavy (non-hydrogen) atoms. The molecule has 1 saturated heterocycles. The van der Waals surface area contributed by atoms with Crippen molar-refractivity contribution in [1.82, 2.24) is 0 Å². The standard InChI is InChI=1S/C13H14O3/c14-11-4-6-16-13(8-11)9-1-2-12-10(7-9)3-5-15-12/h1-2,7,13H,3-6,8H2. The normalized spacial score (nSPS) is 24.0. The van der Waals surface area contributed by atoms with Crippen molar-refractivity contribution in [3.8, 4) is 5.75 Å². The number of ether oxygens (including phenoxy) is 2. The number of carbonyl (C=O) groups excluding carboxylic acids is 1. The molecule has 84 valence electrons. The van der Waals surface area contributed by atoms with Crippen LogP contribution in [-0.2, 0) is 16.0 Å². The Balaban J connectivity index is 1.86. The first kappa shape index (κ1) is 9.85. The van der Waals surface area contributed by atoms with Gasteiger partial charge in [-0.2, -0.15) is 0 Å². The lowest BCUT2D eigenvalue weighted by Gasteiger charge is -2.22. The van der Waals surface area contributed by atoms with E-state index in [1.807, 2.05) is 12.1 Å². The Morgan fingerprint density at radius 2 is 2.12 bits per heavy atom. The summed E-state index contributed by atoms with van der Waals surface area (Å²) >= 11 is 0. The van der Waals surface area contributed by atoms with E-state index in [0.29, 0.717) is 25.2 Å².